The fraction of sp³-hybridized carbons (Fsp3) is 0.778. The van der Waals surface area contributed by atoms with Gasteiger partial charge in [-0.1, -0.05) is 6.42 Å². The van der Waals surface area contributed by atoms with Crippen molar-refractivity contribution < 1.29 is 9.53 Å². The quantitative estimate of drug-likeness (QED) is 0.846. The van der Waals surface area contributed by atoms with Crippen LogP contribution in [0.15, 0.2) is 12.4 Å². The number of hydrogen-bond donors (Lipinski definition) is 0. The second-order valence-electron chi connectivity index (χ2n) is 7.88. The van der Waals surface area contributed by atoms with E-state index in [4.69, 9.17) is 4.74 Å². The fourth-order valence-electron chi connectivity index (χ4n) is 3.50. The number of hydrogen-bond acceptors (Lipinski definition) is 4. The smallest absolute Gasteiger partial charge is 0.240 e. The summed E-state index contributed by atoms with van der Waals surface area (Å²) in [6.45, 7) is 11.0. The first-order valence-corrected chi connectivity index (χ1v) is 9.10. The van der Waals surface area contributed by atoms with Crippen LogP contribution in [0.2, 0.25) is 0 Å². The molecule has 1 atom stereocenters. The molecule has 0 spiro atoms. The van der Waals surface area contributed by atoms with Crippen molar-refractivity contribution in [2.24, 2.45) is 0 Å². The highest BCUT2D eigenvalue weighted by Gasteiger charge is 2.32. The van der Waals surface area contributed by atoms with Gasteiger partial charge in [0, 0.05) is 31.4 Å². The van der Waals surface area contributed by atoms with Gasteiger partial charge in [-0.25, -0.2) is 0 Å². The van der Waals surface area contributed by atoms with Crippen molar-refractivity contribution in [2.45, 2.75) is 58.2 Å². The number of rotatable bonds is 3. The predicted molar refractivity (Wildman–Crippen MR) is 92.7 cm³/mol. The Bertz CT molecular complexity index is 558. The molecule has 0 saturated carbocycles. The van der Waals surface area contributed by atoms with Crippen LogP contribution >= 0.6 is 0 Å². The standard InChI is InChI=1S/C18H30N4O2/c1-18(2,3)22-14-15(12-19-22)13-21-7-5-4-6-16(21)17(23)20-8-10-24-11-9-20/h12,14,16H,4-11,13H2,1-3H3. The number of morpholine rings is 1. The molecule has 2 aliphatic heterocycles. The van der Waals surface area contributed by atoms with Gasteiger partial charge in [0.15, 0.2) is 0 Å². The van der Waals surface area contributed by atoms with Crippen LogP contribution in [0.1, 0.15) is 45.6 Å². The summed E-state index contributed by atoms with van der Waals surface area (Å²) in [6, 6.07) is 0.00911. The lowest BCUT2D eigenvalue weighted by Gasteiger charge is -2.38. The molecular weight excluding hydrogens is 304 g/mol. The van der Waals surface area contributed by atoms with E-state index in [0.717, 1.165) is 39.0 Å². The summed E-state index contributed by atoms with van der Waals surface area (Å²) in [4.78, 5) is 17.2. The lowest BCUT2D eigenvalue weighted by molar-refractivity contribution is -0.142. The molecule has 2 fully saturated rings. The van der Waals surface area contributed by atoms with Gasteiger partial charge in [-0.15, -0.1) is 0 Å². The Morgan fingerprint density at radius 2 is 2.00 bits per heavy atom. The first kappa shape index (κ1) is 17.4. The minimum atomic E-state index is -0.0107. The average Bonchev–Trinajstić information content (AvgIpc) is 3.04. The Kier molecular flexibility index (Phi) is 5.25. The Labute approximate surface area is 144 Å². The zero-order valence-corrected chi connectivity index (χ0v) is 15.2. The van der Waals surface area contributed by atoms with E-state index in [0.29, 0.717) is 13.2 Å². The summed E-state index contributed by atoms with van der Waals surface area (Å²) in [5, 5.41) is 4.49. The molecular formula is C18H30N4O2. The Balaban J connectivity index is 1.68. The summed E-state index contributed by atoms with van der Waals surface area (Å²) in [6.07, 6.45) is 7.32. The van der Waals surface area contributed by atoms with Gasteiger partial charge in [0.05, 0.1) is 31.0 Å². The number of ether oxygens (including phenoxy) is 1. The third-order valence-corrected chi connectivity index (χ3v) is 4.93. The van der Waals surface area contributed by atoms with Gasteiger partial charge >= 0.3 is 0 Å². The van der Waals surface area contributed by atoms with Gasteiger partial charge in [-0.3, -0.25) is 14.4 Å². The van der Waals surface area contributed by atoms with Crippen molar-refractivity contribution >= 4 is 5.91 Å². The van der Waals surface area contributed by atoms with Crippen LogP contribution in [0, 0.1) is 0 Å². The van der Waals surface area contributed by atoms with E-state index in [9.17, 15) is 4.79 Å². The summed E-state index contributed by atoms with van der Waals surface area (Å²) < 4.78 is 7.38. The van der Waals surface area contributed by atoms with E-state index in [1.807, 2.05) is 15.8 Å². The molecule has 1 aromatic heterocycles. The SMILES string of the molecule is CC(C)(C)n1cc(CN2CCCCC2C(=O)N2CCOCC2)cn1. The molecule has 6 heteroatoms. The highest BCUT2D eigenvalue weighted by Crippen LogP contribution is 2.22. The number of carbonyl (C=O) groups is 1. The second kappa shape index (κ2) is 7.23. The maximum Gasteiger partial charge on any atom is 0.240 e. The molecule has 0 aliphatic carbocycles. The maximum atomic E-state index is 12.9. The molecule has 24 heavy (non-hydrogen) atoms. The van der Waals surface area contributed by atoms with Gasteiger partial charge in [0.2, 0.25) is 5.91 Å². The lowest BCUT2D eigenvalue weighted by atomic mass is 10.00. The lowest BCUT2D eigenvalue weighted by Crippen LogP contribution is -2.53. The normalized spacial score (nSPS) is 23.5. The highest BCUT2D eigenvalue weighted by molar-refractivity contribution is 5.82. The van der Waals surface area contributed by atoms with E-state index < -0.39 is 0 Å². The third-order valence-electron chi connectivity index (χ3n) is 4.93. The largest absolute Gasteiger partial charge is 0.378 e. The third kappa shape index (κ3) is 3.98. The number of amides is 1. The Morgan fingerprint density at radius 1 is 1.25 bits per heavy atom. The molecule has 0 radical (unpaired) electrons. The van der Waals surface area contributed by atoms with Gasteiger partial charge in [0.25, 0.3) is 0 Å². The molecule has 2 aliphatic rings. The molecule has 3 heterocycles. The predicted octanol–water partition coefficient (Wildman–Crippen LogP) is 1.85. The Morgan fingerprint density at radius 3 is 2.67 bits per heavy atom. The van der Waals surface area contributed by atoms with Crippen molar-refractivity contribution in [3.63, 3.8) is 0 Å². The second-order valence-corrected chi connectivity index (χ2v) is 7.88. The molecule has 1 aromatic rings. The molecule has 2 saturated heterocycles. The van der Waals surface area contributed by atoms with E-state index in [-0.39, 0.29) is 17.5 Å². The van der Waals surface area contributed by atoms with Gasteiger partial charge < -0.3 is 9.64 Å². The highest BCUT2D eigenvalue weighted by atomic mass is 16.5. The first-order chi connectivity index (χ1) is 11.4. The van der Waals surface area contributed by atoms with Crippen LogP contribution < -0.4 is 0 Å². The van der Waals surface area contributed by atoms with E-state index in [1.165, 1.54) is 12.0 Å². The number of piperidine rings is 1. The monoisotopic (exact) mass is 334 g/mol. The molecule has 1 unspecified atom stereocenters. The average molecular weight is 334 g/mol. The van der Waals surface area contributed by atoms with E-state index >= 15 is 0 Å². The van der Waals surface area contributed by atoms with E-state index in [2.05, 4.69) is 37.0 Å². The molecule has 3 rings (SSSR count). The fourth-order valence-corrected chi connectivity index (χ4v) is 3.50. The van der Waals surface area contributed by atoms with Crippen molar-refractivity contribution in [3.8, 4) is 0 Å². The van der Waals surface area contributed by atoms with Crippen LogP contribution in [0.25, 0.3) is 0 Å². The Hall–Kier alpha value is -1.40. The first-order valence-electron chi connectivity index (χ1n) is 9.10. The number of aromatic nitrogens is 2. The van der Waals surface area contributed by atoms with Crippen molar-refractivity contribution in [3.05, 3.63) is 18.0 Å². The molecule has 1 amide bonds. The van der Waals surface area contributed by atoms with E-state index in [1.54, 1.807) is 0 Å². The summed E-state index contributed by atoms with van der Waals surface area (Å²) >= 11 is 0. The van der Waals surface area contributed by atoms with Crippen molar-refractivity contribution in [1.82, 2.24) is 19.6 Å². The molecule has 0 aromatic carbocycles. The minimum absolute atomic E-state index is 0.00911. The zero-order valence-electron chi connectivity index (χ0n) is 15.2. The van der Waals surface area contributed by atoms with Gasteiger partial charge in [0.1, 0.15) is 0 Å². The van der Waals surface area contributed by atoms with Crippen LogP contribution in [0.3, 0.4) is 0 Å². The molecule has 134 valence electrons. The van der Waals surface area contributed by atoms with Crippen LogP contribution in [-0.4, -0.2) is 64.4 Å². The number of likely N-dealkylation sites (tertiary alicyclic amines) is 1. The van der Waals surface area contributed by atoms with Crippen LogP contribution in [0.5, 0.6) is 0 Å². The summed E-state index contributed by atoms with van der Waals surface area (Å²) in [5.74, 6) is 0.279. The van der Waals surface area contributed by atoms with Crippen LogP contribution in [0.4, 0.5) is 0 Å². The number of carbonyl (C=O) groups excluding carboxylic acids is 1. The maximum absolute atomic E-state index is 12.9. The summed E-state index contributed by atoms with van der Waals surface area (Å²) in [7, 11) is 0. The van der Waals surface area contributed by atoms with Gasteiger partial charge in [-0.05, 0) is 40.2 Å². The van der Waals surface area contributed by atoms with Crippen LogP contribution in [-0.2, 0) is 21.6 Å². The minimum Gasteiger partial charge on any atom is -0.378 e. The van der Waals surface area contributed by atoms with Crippen molar-refractivity contribution in [2.75, 3.05) is 32.8 Å². The zero-order chi connectivity index (χ0) is 17.2. The van der Waals surface area contributed by atoms with Gasteiger partial charge in [-0.2, -0.15) is 5.10 Å². The number of nitrogens with zero attached hydrogens (tertiary/aromatic N) is 4. The molecule has 0 bridgehead atoms. The topological polar surface area (TPSA) is 50.6 Å². The molecule has 6 nitrogen and oxygen atoms in total. The van der Waals surface area contributed by atoms with Crippen molar-refractivity contribution in [1.29, 1.82) is 0 Å². The summed E-state index contributed by atoms with van der Waals surface area (Å²) in [5.41, 5.74) is 1.18. The molecule has 0 N–H and O–H groups in total.